The number of fused-ring (bicyclic) bond motifs is 1. The highest BCUT2D eigenvalue weighted by molar-refractivity contribution is 5.92. The number of para-hydroxylation sites is 1. The molecule has 2 fully saturated rings. The molecule has 1 amide bonds. The molecule has 1 atom stereocenters. The Morgan fingerprint density at radius 3 is 2.83 bits per heavy atom. The Kier molecular flexibility index (Phi) is 4.77. The summed E-state index contributed by atoms with van der Waals surface area (Å²) in [5.41, 5.74) is 2.65. The van der Waals surface area contributed by atoms with Crippen molar-refractivity contribution in [3.8, 4) is 17.1 Å². The average Bonchev–Trinajstić information content (AvgIpc) is 3.49. The van der Waals surface area contributed by atoms with Crippen LogP contribution in [0.5, 0.6) is 5.75 Å². The molecule has 1 aliphatic carbocycles. The van der Waals surface area contributed by atoms with Crippen LogP contribution in [-0.4, -0.2) is 40.6 Å². The van der Waals surface area contributed by atoms with Gasteiger partial charge in [-0.1, -0.05) is 18.2 Å². The van der Waals surface area contributed by atoms with Crippen molar-refractivity contribution in [2.45, 2.75) is 26.2 Å². The minimum Gasteiger partial charge on any atom is -0.507 e. The van der Waals surface area contributed by atoms with Gasteiger partial charge in [0, 0.05) is 35.2 Å². The fourth-order valence-electron chi connectivity index (χ4n) is 4.17. The Hall–Kier alpha value is -3.15. The highest BCUT2D eigenvalue weighted by atomic mass is 16.3. The number of aromatic hydroxyl groups is 1. The van der Waals surface area contributed by atoms with Crippen molar-refractivity contribution >= 4 is 22.6 Å². The van der Waals surface area contributed by atoms with Gasteiger partial charge in [-0.2, -0.15) is 0 Å². The van der Waals surface area contributed by atoms with Gasteiger partial charge in [0.25, 0.3) is 0 Å². The molecule has 6 heteroatoms. The van der Waals surface area contributed by atoms with Crippen LogP contribution in [-0.2, 0) is 4.79 Å². The molecule has 2 heterocycles. The van der Waals surface area contributed by atoms with Gasteiger partial charge in [-0.15, -0.1) is 0 Å². The van der Waals surface area contributed by atoms with E-state index < -0.39 is 0 Å². The minimum absolute atomic E-state index is 0. The lowest BCUT2D eigenvalue weighted by molar-refractivity contribution is -0.122. The van der Waals surface area contributed by atoms with Crippen LogP contribution in [0.1, 0.15) is 29.1 Å². The van der Waals surface area contributed by atoms with E-state index in [-0.39, 0.29) is 21.9 Å². The standard InChI is InChI=1S/C24H26N4O2.3H2/c1-15-6-9-18-20(12-15)26-22(19-4-2-3-5-21(19)29)27-23(18)28-11-10-16(14-28)13-25-24(30)17-7-8-17;;;/h2-6,9,12,16-17,29H,7-8,10-11,13-14H2,1H3,(H,25,30);3*1H/t16-;;;/m0.../s1. The largest absolute Gasteiger partial charge is 0.507 e. The Labute approximate surface area is 180 Å². The van der Waals surface area contributed by atoms with Crippen LogP contribution < -0.4 is 10.2 Å². The molecule has 0 spiro atoms. The summed E-state index contributed by atoms with van der Waals surface area (Å²) in [6.45, 7) is 4.52. The number of carbonyl (C=O) groups excluding carboxylic acids is 1. The smallest absolute Gasteiger partial charge is 0.223 e. The van der Waals surface area contributed by atoms with Gasteiger partial charge in [0.2, 0.25) is 5.91 Å². The molecule has 0 radical (unpaired) electrons. The highest BCUT2D eigenvalue weighted by Gasteiger charge is 2.31. The lowest BCUT2D eigenvalue weighted by atomic mass is 10.1. The molecule has 3 aromatic rings. The molecule has 1 aromatic heterocycles. The van der Waals surface area contributed by atoms with E-state index in [1.54, 1.807) is 12.1 Å². The van der Waals surface area contributed by atoms with Crippen LogP contribution >= 0.6 is 0 Å². The van der Waals surface area contributed by atoms with Crippen molar-refractivity contribution in [1.29, 1.82) is 0 Å². The van der Waals surface area contributed by atoms with Gasteiger partial charge in [0.1, 0.15) is 11.6 Å². The lowest BCUT2D eigenvalue weighted by Gasteiger charge is -2.21. The maximum absolute atomic E-state index is 12.0. The van der Waals surface area contributed by atoms with Crippen LogP contribution in [0.2, 0.25) is 0 Å². The molecule has 30 heavy (non-hydrogen) atoms. The van der Waals surface area contributed by atoms with Crippen LogP contribution in [0.25, 0.3) is 22.3 Å². The second-order valence-corrected chi connectivity index (χ2v) is 8.53. The molecule has 160 valence electrons. The SMILES string of the molecule is Cc1ccc2c(N3CC[C@@H](CNC(=O)C4CC4)C3)nc(-c3ccccc3O)nc2c1.[HH].[HH].[HH]. The van der Waals surface area contributed by atoms with Crippen molar-refractivity contribution in [3.63, 3.8) is 0 Å². The van der Waals surface area contributed by atoms with E-state index in [0.29, 0.717) is 17.3 Å². The zero-order chi connectivity index (χ0) is 20.7. The van der Waals surface area contributed by atoms with Crippen molar-refractivity contribution in [2.24, 2.45) is 11.8 Å². The van der Waals surface area contributed by atoms with Crippen molar-refractivity contribution in [1.82, 2.24) is 15.3 Å². The van der Waals surface area contributed by atoms with Crippen LogP contribution in [0.4, 0.5) is 5.82 Å². The number of aromatic nitrogens is 2. The number of nitrogens with zero attached hydrogens (tertiary/aromatic N) is 3. The minimum atomic E-state index is 0. The molecule has 1 saturated heterocycles. The monoisotopic (exact) mass is 408 g/mol. The number of aryl methyl sites for hydroxylation is 1. The molecule has 2 N–H and O–H groups in total. The molecule has 2 aliphatic rings. The third-order valence-corrected chi connectivity index (χ3v) is 6.08. The first kappa shape index (κ1) is 18.9. The zero-order valence-electron chi connectivity index (χ0n) is 17.1. The van der Waals surface area contributed by atoms with Gasteiger partial charge < -0.3 is 15.3 Å². The lowest BCUT2D eigenvalue weighted by Crippen LogP contribution is -2.32. The molecular formula is C24H32N4O2. The maximum atomic E-state index is 12.0. The number of phenolic OH excluding ortho intramolecular Hbond substituents is 1. The fourth-order valence-corrected chi connectivity index (χ4v) is 4.17. The quantitative estimate of drug-likeness (QED) is 0.654. The first-order valence-electron chi connectivity index (χ1n) is 10.7. The highest BCUT2D eigenvalue weighted by Crippen LogP contribution is 2.34. The summed E-state index contributed by atoms with van der Waals surface area (Å²) in [5, 5.41) is 14.5. The number of hydrogen-bond donors (Lipinski definition) is 2. The Morgan fingerprint density at radius 1 is 1.20 bits per heavy atom. The van der Waals surface area contributed by atoms with Gasteiger partial charge in [0.15, 0.2) is 5.82 Å². The summed E-state index contributed by atoms with van der Waals surface area (Å²) in [6, 6.07) is 13.4. The summed E-state index contributed by atoms with van der Waals surface area (Å²) in [6.07, 6.45) is 3.09. The number of hydrogen-bond acceptors (Lipinski definition) is 5. The van der Waals surface area contributed by atoms with E-state index >= 15 is 0 Å². The third-order valence-electron chi connectivity index (χ3n) is 6.08. The molecule has 0 bridgehead atoms. The van der Waals surface area contributed by atoms with E-state index in [1.165, 1.54) is 0 Å². The molecule has 0 unspecified atom stereocenters. The van der Waals surface area contributed by atoms with E-state index in [0.717, 1.165) is 61.2 Å². The van der Waals surface area contributed by atoms with Gasteiger partial charge in [-0.05, 0) is 61.9 Å². The zero-order valence-corrected chi connectivity index (χ0v) is 17.1. The van der Waals surface area contributed by atoms with Gasteiger partial charge in [-0.3, -0.25) is 4.79 Å². The first-order valence-corrected chi connectivity index (χ1v) is 10.7. The normalized spacial score (nSPS) is 18.7. The Balaban J connectivity index is 0.00000128. The second kappa shape index (κ2) is 7.59. The van der Waals surface area contributed by atoms with Crippen LogP contribution in [0.15, 0.2) is 42.5 Å². The van der Waals surface area contributed by atoms with E-state index in [2.05, 4.69) is 35.3 Å². The molecular weight excluding hydrogens is 376 g/mol. The van der Waals surface area contributed by atoms with Gasteiger partial charge >= 0.3 is 0 Å². The summed E-state index contributed by atoms with van der Waals surface area (Å²) in [4.78, 5) is 23.9. The third kappa shape index (κ3) is 3.70. The molecule has 1 saturated carbocycles. The predicted octanol–water partition coefficient (Wildman–Crippen LogP) is 4.40. The number of nitrogens with one attached hydrogen (secondary N) is 1. The molecule has 1 aliphatic heterocycles. The summed E-state index contributed by atoms with van der Waals surface area (Å²) in [5.74, 6) is 2.48. The van der Waals surface area contributed by atoms with E-state index in [4.69, 9.17) is 9.97 Å². The number of anilines is 1. The second-order valence-electron chi connectivity index (χ2n) is 8.53. The maximum Gasteiger partial charge on any atom is 0.223 e. The number of carbonyl (C=O) groups is 1. The topological polar surface area (TPSA) is 78.4 Å². The summed E-state index contributed by atoms with van der Waals surface area (Å²) >= 11 is 0. The van der Waals surface area contributed by atoms with E-state index in [9.17, 15) is 9.90 Å². The Morgan fingerprint density at radius 2 is 2.03 bits per heavy atom. The Bertz CT molecular complexity index is 1120. The molecule has 2 aromatic carbocycles. The predicted molar refractivity (Wildman–Crippen MR) is 124 cm³/mol. The number of rotatable bonds is 5. The number of benzene rings is 2. The fraction of sp³-hybridized carbons (Fsp3) is 0.375. The number of amides is 1. The van der Waals surface area contributed by atoms with Crippen molar-refractivity contribution < 1.29 is 14.2 Å². The van der Waals surface area contributed by atoms with Crippen LogP contribution in [0, 0.1) is 18.8 Å². The van der Waals surface area contributed by atoms with E-state index in [1.807, 2.05) is 12.1 Å². The van der Waals surface area contributed by atoms with Crippen molar-refractivity contribution in [3.05, 3.63) is 48.0 Å². The van der Waals surface area contributed by atoms with Crippen molar-refractivity contribution in [2.75, 3.05) is 24.5 Å². The van der Waals surface area contributed by atoms with Gasteiger partial charge in [-0.25, -0.2) is 9.97 Å². The summed E-state index contributed by atoms with van der Waals surface area (Å²) in [7, 11) is 0. The molecule has 6 nitrogen and oxygen atoms in total. The summed E-state index contributed by atoms with van der Waals surface area (Å²) < 4.78 is 0. The first-order chi connectivity index (χ1) is 14.6. The van der Waals surface area contributed by atoms with Gasteiger partial charge in [0.05, 0.1) is 11.1 Å². The molecule has 5 rings (SSSR count). The average molecular weight is 409 g/mol. The van der Waals surface area contributed by atoms with Crippen LogP contribution in [0.3, 0.4) is 0 Å². The number of phenols is 1.